The van der Waals surface area contributed by atoms with Gasteiger partial charge in [-0.15, -0.1) is 0 Å². The van der Waals surface area contributed by atoms with Crippen LogP contribution < -0.4 is 4.90 Å². The van der Waals surface area contributed by atoms with Gasteiger partial charge in [0, 0.05) is 23.4 Å². The van der Waals surface area contributed by atoms with Crippen LogP contribution in [0.5, 0.6) is 0 Å². The van der Waals surface area contributed by atoms with Crippen molar-refractivity contribution in [3.8, 4) is 0 Å². The summed E-state index contributed by atoms with van der Waals surface area (Å²) < 4.78 is 6.04. The first kappa shape index (κ1) is 14.8. The fraction of sp³-hybridized carbons (Fsp3) is 0.278. The van der Waals surface area contributed by atoms with E-state index in [1.807, 2.05) is 68.7 Å². The fourth-order valence-electron chi connectivity index (χ4n) is 2.63. The molecule has 22 heavy (non-hydrogen) atoms. The van der Waals surface area contributed by atoms with E-state index in [9.17, 15) is 4.79 Å². The van der Waals surface area contributed by atoms with E-state index in [2.05, 4.69) is 4.90 Å². The summed E-state index contributed by atoms with van der Waals surface area (Å²) in [4.78, 5) is 16.5. The number of likely N-dealkylation sites (N-methyl/N-ethyl adjacent to an activating group) is 1. The fourth-order valence-corrected chi connectivity index (χ4v) is 2.63. The number of rotatable bonds is 5. The molecule has 0 aliphatic carbocycles. The first-order chi connectivity index (χ1) is 10.7. The lowest BCUT2D eigenvalue weighted by Crippen LogP contribution is -2.31. The Morgan fingerprint density at radius 3 is 2.45 bits per heavy atom. The highest BCUT2D eigenvalue weighted by Crippen LogP contribution is 2.37. The van der Waals surface area contributed by atoms with Crippen molar-refractivity contribution in [1.82, 2.24) is 4.90 Å². The standard InChI is InChI=1S/C18H20N2O2/c1-19(2)12-13-22-18-16-11-7-6-10-15(16)17(21)20(18)14-8-4-3-5-9-14/h3-11,18H,12-13H2,1-2H3. The second-order valence-corrected chi connectivity index (χ2v) is 5.62. The third-order valence-electron chi connectivity index (χ3n) is 3.76. The maximum atomic E-state index is 12.7. The van der Waals surface area contributed by atoms with E-state index in [4.69, 9.17) is 4.74 Å². The van der Waals surface area contributed by atoms with Crippen molar-refractivity contribution in [2.24, 2.45) is 0 Å². The Kier molecular flexibility index (Phi) is 4.22. The molecule has 1 aliphatic rings. The van der Waals surface area contributed by atoms with Gasteiger partial charge in [0.15, 0.2) is 6.23 Å². The van der Waals surface area contributed by atoms with Crippen LogP contribution in [0.25, 0.3) is 0 Å². The Morgan fingerprint density at radius 2 is 1.73 bits per heavy atom. The average molecular weight is 296 g/mol. The molecule has 0 spiro atoms. The van der Waals surface area contributed by atoms with Crippen molar-refractivity contribution in [2.45, 2.75) is 6.23 Å². The van der Waals surface area contributed by atoms with Gasteiger partial charge in [-0.1, -0.05) is 36.4 Å². The third-order valence-corrected chi connectivity index (χ3v) is 3.76. The molecule has 4 heteroatoms. The summed E-state index contributed by atoms with van der Waals surface area (Å²) in [7, 11) is 4.01. The summed E-state index contributed by atoms with van der Waals surface area (Å²) in [6, 6.07) is 17.4. The molecule has 1 atom stereocenters. The summed E-state index contributed by atoms with van der Waals surface area (Å²) >= 11 is 0. The molecule has 1 aliphatic heterocycles. The SMILES string of the molecule is CN(C)CCOC1c2ccccc2C(=O)N1c1ccccc1. The van der Waals surface area contributed by atoms with Crippen molar-refractivity contribution in [1.29, 1.82) is 0 Å². The number of anilines is 1. The van der Waals surface area contributed by atoms with Gasteiger partial charge >= 0.3 is 0 Å². The highest BCUT2D eigenvalue weighted by Gasteiger charge is 2.38. The third kappa shape index (κ3) is 2.75. The van der Waals surface area contributed by atoms with Gasteiger partial charge in [-0.3, -0.25) is 9.69 Å². The number of ether oxygens (including phenoxy) is 1. The number of para-hydroxylation sites is 1. The highest BCUT2D eigenvalue weighted by molar-refractivity contribution is 6.10. The molecule has 4 nitrogen and oxygen atoms in total. The van der Waals surface area contributed by atoms with Gasteiger partial charge in [0.2, 0.25) is 0 Å². The predicted octanol–water partition coefficient (Wildman–Crippen LogP) is 2.92. The number of benzene rings is 2. The van der Waals surface area contributed by atoms with E-state index >= 15 is 0 Å². The van der Waals surface area contributed by atoms with Crippen molar-refractivity contribution < 1.29 is 9.53 Å². The summed E-state index contributed by atoms with van der Waals surface area (Å²) in [6.07, 6.45) is -0.356. The molecule has 0 saturated heterocycles. The molecule has 0 radical (unpaired) electrons. The zero-order valence-electron chi connectivity index (χ0n) is 12.9. The maximum Gasteiger partial charge on any atom is 0.261 e. The largest absolute Gasteiger partial charge is 0.352 e. The molecule has 3 rings (SSSR count). The van der Waals surface area contributed by atoms with Crippen LogP contribution in [0.4, 0.5) is 5.69 Å². The molecule has 114 valence electrons. The highest BCUT2D eigenvalue weighted by atomic mass is 16.5. The Hall–Kier alpha value is -2.17. The van der Waals surface area contributed by atoms with Gasteiger partial charge in [0.05, 0.1) is 6.61 Å². The van der Waals surface area contributed by atoms with Crippen LogP contribution in [-0.4, -0.2) is 38.1 Å². The van der Waals surface area contributed by atoms with Crippen LogP contribution in [0.1, 0.15) is 22.1 Å². The van der Waals surface area contributed by atoms with Gasteiger partial charge in [0.25, 0.3) is 5.91 Å². The molecule has 0 N–H and O–H groups in total. The monoisotopic (exact) mass is 296 g/mol. The van der Waals surface area contributed by atoms with Crippen LogP contribution in [-0.2, 0) is 4.74 Å². The van der Waals surface area contributed by atoms with Crippen molar-refractivity contribution in [3.63, 3.8) is 0 Å². The molecule has 0 aromatic heterocycles. The smallest absolute Gasteiger partial charge is 0.261 e. The van der Waals surface area contributed by atoms with E-state index in [1.165, 1.54) is 0 Å². The minimum atomic E-state index is -0.356. The van der Waals surface area contributed by atoms with Crippen LogP contribution in [0.15, 0.2) is 54.6 Å². The van der Waals surface area contributed by atoms with Crippen molar-refractivity contribution >= 4 is 11.6 Å². The number of nitrogens with zero attached hydrogens (tertiary/aromatic N) is 2. The normalized spacial score (nSPS) is 17.1. The number of amides is 1. The van der Waals surface area contributed by atoms with Crippen LogP contribution >= 0.6 is 0 Å². The first-order valence-electron chi connectivity index (χ1n) is 7.42. The Balaban J connectivity index is 1.92. The quantitative estimate of drug-likeness (QED) is 0.850. The van der Waals surface area contributed by atoms with Crippen LogP contribution in [0.2, 0.25) is 0 Å². The summed E-state index contributed by atoms with van der Waals surface area (Å²) in [6.45, 7) is 1.39. The maximum absolute atomic E-state index is 12.7. The van der Waals surface area contributed by atoms with Crippen LogP contribution in [0, 0.1) is 0 Å². The van der Waals surface area contributed by atoms with E-state index in [0.717, 1.165) is 23.4 Å². The van der Waals surface area contributed by atoms with E-state index in [1.54, 1.807) is 4.90 Å². The van der Waals surface area contributed by atoms with Crippen molar-refractivity contribution in [2.75, 3.05) is 32.1 Å². The average Bonchev–Trinajstić information content (AvgIpc) is 2.81. The number of carbonyl (C=O) groups is 1. The van der Waals surface area contributed by atoms with Gasteiger partial charge in [-0.25, -0.2) is 0 Å². The lowest BCUT2D eigenvalue weighted by atomic mass is 10.1. The summed E-state index contributed by atoms with van der Waals surface area (Å²) in [5, 5.41) is 0. The molecule has 0 fully saturated rings. The lowest BCUT2D eigenvalue weighted by molar-refractivity contribution is 0.0443. The van der Waals surface area contributed by atoms with Gasteiger partial charge in [0.1, 0.15) is 0 Å². The minimum absolute atomic E-state index is 0.00310. The predicted molar refractivity (Wildman–Crippen MR) is 86.9 cm³/mol. The first-order valence-corrected chi connectivity index (χ1v) is 7.42. The zero-order valence-corrected chi connectivity index (χ0v) is 12.9. The molecule has 2 aromatic rings. The molecule has 1 heterocycles. The molecular formula is C18H20N2O2. The Morgan fingerprint density at radius 1 is 1.05 bits per heavy atom. The number of fused-ring (bicyclic) bond motifs is 1. The van der Waals surface area contributed by atoms with Crippen molar-refractivity contribution in [3.05, 3.63) is 65.7 Å². The lowest BCUT2D eigenvalue weighted by Gasteiger charge is -2.26. The van der Waals surface area contributed by atoms with Gasteiger partial charge in [-0.2, -0.15) is 0 Å². The summed E-state index contributed by atoms with van der Waals surface area (Å²) in [5.74, 6) is -0.00310. The van der Waals surface area contributed by atoms with E-state index in [0.29, 0.717) is 6.61 Å². The van der Waals surface area contributed by atoms with Gasteiger partial charge < -0.3 is 9.64 Å². The molecule has 0 saturated carbocycles. The number of hydrogen-bond donors (Lipinski definition) is 0. The van der Waals surface area contributed by atoms with E-state index < -0.39 is 0 Å². The molecule has 2 aromatic carbocycles. The second kappa shape index (κ2) is 6.30. The second-order valence-electron chi connectivity index (χ2n) is 5.62. The Labute approximate surface area is 130 Å². The molecule has 1 unspecified atom stereocenters. The Bertz CT molecular complexity index is 655. The number of hydrogen-bond acceptors (Lipinski definition) is 3. The zero-order chi connectivity index (χ0) is 15.5. The van der Waals surface area contributed by atoms with Gasteiger partial charge in [-0.05, 0) is 32.3 Å². The molecule has 0 bridgehead atoms. The summed E-state index contributed by atoms with van der Waals surface area (Å²) in [5.41, 5.74) is 2.52. The molecule has 1 amide bonds. The van der Waals surface area contributed by atoms with Crippen LogP contribution in [0.3, 0.4) is 0 Å². The topological polar surface area (TPSA) is 32.8 Å². The minimum Gasteiger partial charge on any atom is -0.352 e. The van der Waals surface area contributed by atoms with E-state index in [-0.39, 0.29) is 12.1 Å². The molecular weight excluding hydrogens is 276 g/mol. The number of carbonyl (C=O) groups excluding carboxylic acids is 1.